The fraction of sp³-hybridized carbons (Fsp3) is 0.200. The molecule has 0 aliphatic rings. The van der Waals surface area contributed by atoms with Crippen LogP contribution in [-0.4, -0.2) is 7.11 Å². The quantitative estimate of drug-likeness (QED) is 0.606. The van der Waals surface area contributed by atoms with Gasteiger partial charge >= 0.3 is 0 Å². The highest BCUT2D eigenvalue weighted by molar-refractivity contribution is 9.10. The van der Waals surface area contributed by atoms with Gasteiger partial charge in [-0.2, -0.15) is 0 Å². The zero-order valence-electron chi connectivity index (χ0n) is 10.9. The van der Waals surface area contributed by atoms with Gasteiger partial charge in [0.05, 0.1) is 17.0 Å². The maximum absolute atomic E-state index is 13.5. The highest BCUT2D eigenvalue weighted by Crippen LogP contribution is 2.38. The van der Waals surface area contributed by atoms with Gasteiger partial charge in [-0.25, -0.2) is 4.39 Å². The summed E-state index contributed by atoms with van der Waals surface area (Å²) in [5.74, 6) is 0.0140. The molecule has 5 heteroatoms. The molecule has 0 saturated heterocycles. The van der Waals surface area contributed by atoms with Crippen LogP contribution in [0.1, 0.15) is 22.1 Å². The first-order chi connectivity index (χ1) is 9.42. The number of hydrogen-bond acceptors (Lipinski definition) is 1. The van der Waals surface area contributed by atoms with E-state index < -0.39 is 11.2 Å². The fourth-order valence-electron chi connectivity index (χ4n) is 2.01. The smallest absolute Gasteiger partial charge is 0.141 e. The fourth-order valence-corrected chi connectivity index (χ4v) is 2.97. The van der Waals surface area contributed by atoms with Crippen molar-refractivity contribution in [3.8, 4) is 5.75 Å². The predicted molar refractivity (Wildman–Crippen MR) is 84.5 cm³/mol. The van der Waals surface area contributed by atoms with E-state index in [2.05, 4.69) is 15.9 Å². The normalized spacial score (nSPS) is 12.3. The van der Waals surface area contributed by atoms with E-state index in [1.54, 1.807) is 12.1 Å². The summed E-state index contributed by atoms with van der Waals surface area (Å²) in [6, 6.07) is 8.53. The molecule has 20 heavy (non-hydrogen) atoms. The third-order valence-corrected chi connectivity index (χ3v) is 4.22. The maximum Gasteiger partial charge on any atom is 0.141 e. The molecule has 1 atom stereocenters. The van der Waals surface area contributed by atoms with Crippen molar-refractivity contribution in [2.24, 2.45) is 0 Å². The number of halogens is 4. The minimum atomic E-state index is -0.473. The number of alkyl halides is 1. The highest BCUT2D eigenvalue weighted by atomic mass is 79.9. The monoisotopic (exact) mass is 376 g/mol. The van der Waals surface area contributed by atoms with Crippen molar-refractivity contribution in [3.63, 3.8) is 0 Å². The molecule has 106 valence electrons. The zero-order valence-corrected chi connectivity index (χ0v) is 14.0. The van der Waals surface area contributed by atoms with Crippen molar-refractivity contribution < 1.29 is 9.13 Å². The Bertz CT molecular complexity index is 626. The van der Waals surface area contributed by atoms with Gasteiger partial charge in [-0.1, -0.05) is 17.7 Å². The van der Waals surface area contributed by atoms with E-state index in [-0.39, 0.29) is 0 Å². The lowest BCUT2D eigenvalue weighted by Crippen LogP contribution is -1.99. The van der Waals surface area contributed by atoms with Gasteiger partial charge in [0.25, 0.3) is 0 Å². The Hall–Kier alpha value is -0.770. The van der Waals surface area contributed by atoms with Gasteiger partial charge < -0.3 is 4.74 Å². The Labute approximate surface area is 135 Å². The summed E-state index contributed by atoms with van der Waals surface area (Å²) in [5, 5.41) is 0.144. The molecule has 0 N–H and O–H groups in total. The number of hydrogen-bond donors (Lipinski definition) is 0. The number of ether oxygens (including phenoxy) is 1. The van der Waals surface area contributed by atoms with Crippen LogP contribution in [0.4, 0.5) is 4.39 Å². The third-order valence-electron chi connectivity index (χ3n) is 2.90. The number of rotatable bonds is 3. The minimum Gasteiger partial charge on any atom is -0.496 e. The van der Waals surface area contributed by atoms with Crippen molar-refractivity contribution in [3.05, 3.63) is 62.3 Å². The maximum atomic E-state index is 13.5. The summed E-state index contributed by atoms with van der Waals surface area (Å²) < 4.78 is 19.1. The van der Waals surface area contributed by atoms with E-state index in [4.69, 9.17) is 27.9 Å². The van der Waals surface area contributed by atoms with Gasteiger partial charge in [-0.15, -0.1) is 11.6 Å². The third kappa shape index (κ3) is 3.27. The molecule has 0 aliphatic heterocycles. The van der Waals surface area contributed by atoms with Crippen LogP contribution in [0.3, 0.4) is 0 Å². The minimum absolute atomic E-state index is 0.345. The van der Waals surface area contributed by atoms with Crippen LogP contribution >= 0.6 is 39.1 Å². The SMILES string of the molecule is COc1cc(F)c(Br)cc1C(Cl)c1cc(C)cc(Cl)c1. The Morgan fingerprint density at radius 3 is 2.50 bits per heavy atom. The predicted octanol–water partition coefficient (Wildman–Crippen LogP) is 5.89. The molecule has 0 radical (unpaired) electrons. The van der Waals surface area contributed by atoms with Gasteiger partial charge in [0, 0.05) is 16.7 Å². The van der Waals surface area contributed by atoms with Gasteiger partial charge in [-0.3, -0.25) is 0 Å². The van der Waals surface area contributed by atoms with Crippen LogP contribution in [0.2, 0.25) is 5.02 Å². The van der Waals surface area contributed by atoms with Gasteiger partial charge in [0.1, 0.15) is 11.6 Å². The molecule has 0 amide bonds. The van der Waals surface area contributed by atoms with Crippen molar-refractivity contribution in [2.45, 2.75) is 12.3 Å². The lowest BCUT2D eigenvalue weighted by atomic mass is 10.0. The average Bonchev–Trinajstić information content (AvgIpc) is 2.39. The molecule has 0 spiro atoms. The Morgan fingerprint density at radius 1 is 1.20 bits per heavy atom. The molecule has 0 aromatic heterocycles. The van der Waals surface area contributed by atoms with E-state index in [0.29, 0.717) is 20.8 Å². The first-order valence-electron chi connectivity index (χ1n) is 5.86. The first-order valence-corrected chi connectivity index (χ1v) is 7.47. The van der Waals surface area contributed by atoms with E-state index in [1.165, 1.54) is 13.2 Å². The van der Waals surface area contributed by atoms with Crippen LogP contribution in [0, 0.1) is 12.7 Å². The van der Waals surface area contributed by atoms with Gasteiger partial charge in [-0.05, 0) is 52.2 Å². The molecule has 0 aliphatic carbocycles. The zero-order chi connectivity index (χ0) is 14.9. The second kappa shape index (κ2) is 6.33. The van der Waals surface area contributed by atoms with Crippen LogP contribution in [-0.2, 0) is 0 Å². The highest BCUT2D eigenvalue weighted by Gasteiger charge is 2.19. The molecule has 2 aromatic carbocycles. The molecule has 0 fully saturated rings. The van der Waals surface area contributed by atoms with E-state index in [0.717, 1.165) is 11.1 Å². The van der Waals surface area contributed by atoms with E-state index in [1.807, 2.05) is 19.1 Å². The number of benzene rings is 2. The summed E-state index contributed by atoms with van der Waals surface area (Å²) in [7, 11) is 1.49. The van der Waals surface area contributed by atoms with Crippen molar-refractivity contribution in [2.75, 3.05) is 7.11 Å². The van der Waals surface area contributed by atoms with Crippen LogP contribution in [0.25, 0.3) is 0 Å². The van der Waals surface area contributed by atoms with Crippen molar-refractivity contribution >= 4 is 39.1 Å². The molecule has 0 bridgehead atoms. The first kappa shape index (κ1) is 15.6. The molecule has 2 rings (SSSR count). The Balaban J connectivity index is 2.52. The van der Waals surface area contributed by atoms with Gasteiger partial charge in [0.2, 0.25) is 0 Å². The average molecular weight is 378 g/mol. The molecule has 0 saturated carbocycles. The molecule has 1 unspecified atom stereocenters. The van der Waals surface area contributed by atoms with Crippen LogP contribution in [0.5, 0.6) is 5.75 Å². The summed E-state index contributed by atoms with van der Waals surface area (Å²) >= 11 is 15.7. The standard InChI is InChI=1S/C15H12BrCl2FO/c1-8-3-9(5-10(17)4-8)15(18)11-6-12(16)13(19)7-14(11)20-2/h3-7,15H,1-2H3. The summed E-state index contributed by atoms with van der Waals surface area (Å²) in [6.07, 6.45) is 0. The van der Waals surface area contributed by atoms with E-state index in [9.17, 15) is 4.39 Å². The Kier molecular flexibility index (Phi) is 4.95. The molecule has 2 aromatic rings. The molecule has 1 nitrogen and oxygen atoms in total. The van der Waals surface area contributed by atoms with Crippen molar-refractivity contribution in [1.82, 2.24) is 0 Å². The van der Waals surface area contributed by atoms with Crippen molar-refractivity contribution in [1.29, 1.82) is 0 Å². The second-order valence-corrected chi connectivity index (χ2v) is 6.16. The second-order valence-electron chi connectivity index (χ2n) is 4.43. The topological polar surface area (TPSA) is 9.23 Å². The lowest BCUT2D eigenvalue weighted by Gasteiger charge is -2.16. The van der Waals surface area contributed by atoms with Crippen LogP contribution in [0.15, 0.2) is 34.8 Å². The molecular weight excluding hydrogens is 366 g/mol. The summed E-state index contributed by atoms with van der Waals surface area (Å²) in [6.45, 7) is 1.94. The summed E-state index contributed by atoms with van der Waals surface area (Å²) in [4.78, 5) is 0. The lowest BCUT2D eigenvalue weighted by molar-refractivity contribution is 0.406. The largest absolute Gasteiger partial charge is 0.496 e. The van der Waals surface area contributed by atoms with E-state index >= 15 is 0 Å². The molecular formula is C15H12BrCl2FO. The summed E-state index contributed by atoms with van der Waals surface area (Å²) in [5.41, 5.74) is 2.54. The van der Waals surface area contributed by atoms with Crippen LogP contribution < -0.4 is 4.74 Å². The Morgan fingerprint density at radius 2 is 1.90 bits per heavy atom. The number of methoxy groups -OCH3 is 1. The molecule has 0 heterocycles. The van der Waals surface area contributed by atoms with Gasteiger partial charge in [0.15, 0.2) is 0 Å². The number of aryl methyl sites for hydroxylation is 1.